The number of nitrogens with two attached hydrogens (primary N) is 2. The SMILES string of the molecule is CN(CC(N)=O)C(=O)CC1CCCCC1N. The van der Waals surface area contributed by atoms with E-state index in [0.29, 0.717) is 6.42 Å². The van der Waals surface area contributed by atoms with Gasteiger partial charge in [0.15, 0.2) is 0 Å². The van der Waals surface area contributed by atoms with Crippen LogP contribution in [-0.4, -0.2) is 36.3 Å². The van der Waals surface area contributed by atoms with Crippen LogP contribution < -0.4 is 11.5 Å². The van der Waals surface area contributed by atoms with Crippen molar-refractivity contribution in [1.29, 1.82) is 0 Å². The molecule has 2 amide bonds. The number of carbonyl (C=O) groups excluding carboxylic acids is 2. The second kappa shape index (κ2) is 5.84. The molecular weight excluding hydrogens is 206 g/mol. The van der Waals surface area contributed by atoms with E-state index in [9.17, 15) is 9.59 Å². The average Bonchev–Trinajstić information content (AvgIpc) is 2.20. The number of carbonyl (C=O) groups is 2. The molecule has 1 aliphatic carbocycles. The van der Waals surface area contributed by atoms with E-state index in [0.717, 1.165) is 25.7 Å². The maximum atomic E-state index is 11.8. The number of amides is 2. The first-order valence-electron chi connectivity index (χ1n) is 5.78. The first-order chi connectivity index (χ1) is 7.50. The number of likely N-dealkylation sites (N-methyl/N-ethyl adjacent to an activating group) is 1. The van der Waals surface area contributed by atoms with Crippen LogP contribution in [0.1, 0.15) is 32.1 Å². The molecule has 0 radical (unpaired) electrons. The minimum atomic E-state index is -0.483. The van der Waals surface area contributed by atoms with Gasteiger partial charge in [0.05, 0.1) is 6.54 Å². The summed E-state index contributed by atoms with van der Waals surface area (Å²) in [5, 5.41) is 0. The fourth-order valence-electron chi connectivity index (χ4n) is 2.19. The van der Waals surface area contributed by atoms with E-state index in [1.807, 2.05) is 0 Å². The molecule has 5 heteroatoms. The van der Waals surface area contributed by atoms with E-state index in [4.69, 9.17) is 11.5 Å². The Hall–Kier alpha value is -1.10. The van der Waals surface area contributed by atoms with E-state index < -0.39 is 5.91 Å². The molecule has 2 unspecified atom stereocenters. The summed E-state index contributed by atoms with van der Waals surface area (Å²) in [6, 6.07) is 0.125. The van der Waals surface area contributed by atoms with Gasteiger partial charge in [-0.3, -0.25) is 9.59 Å². The molecule has 0 aliphatic heterocycles. The number of nitrogens with zero attached hydrogens (tertiary/aromatic N) is 1. The van der Waals surface area contributed by atoms with Gasteiger partial charge in [-0.2, -0.15) is 0 Å². The predicted octanol–water partition coefficient (Wildman–Crippen LogP) is -0.162. The molecule has 0 spiro atoms. The zero-order valence-corrected chi connectivity index (χ0v) is 9.82. The summed E-state index contributed by atoms with van der Waals surface area (Å²) in [6.07, 6.45) is 4.74. The Kier molecular flexibility index (Phi) is 4.73. The monoisotopic (exact) mass is 227 g/mol. The number of primary amides is 1. The van der Waals surface area contributed by atoms with Gasteiger partial charge in [-0.1, -0.05) is 12.8 Å². The fourth-order valence-corrected chi connectivity index (χ4v) is 2.19. The van der Waals surface area contributed by atoms with Gasteiger partial charge in [-0.15, -0.1) is 0 Å². The van der Waals surface area contributed by atoms with E-state index in [2.05, 4.69) is 0 Å². The minimum Gasteiger partial charge on any atom is -0.368 e. The van der Waals surface area contributed by atoms with Crippen LogP contribution in [0.4, 0.5) is 0 Å². The fraction of sp³-hybridized carbons (Fsp3) is 0.818. The standard InChI is InChI=1S/C11H21N3O2/c1-14(7-10(13)15)11(16)6-8-4-2-3-5-9(8)12/h8-9H,2-7,12H2,1H3,(H2,13,15). The third kappa shape index (κ3) is 3.81. The van der Waals surface area contributed by atoms with Crippen molar-refractivity contribution in [2.24, 2.45) is 17.4 Å². The predicted molar refractivity (Wildman–Crippen MR) is 61.4 cm³/mol. The van der Waals surface area contributed by atoms with Crippen LogP contribution in [0, 0.1) is 5.92 Å². The third-order valence-electron chi connectivity index (χ3n) is 3.22. The lowest BCUT2D eigenvalue weighted by Crippen LogP contribution is -2.40. The van der Waals surface area contributed by atoms with E-state index in [1.54, 1.807) is 7.05 Å². The Balaban J connectivity index is 2.40. The number of hydrogen-bond acceptors (Lipinski definition) is 3. The summed E-state index contributed by atoms with van der Waals surface area (Å²) in [6.45, 7) is -0.0131. The molecule has 16 heavy (non-hydrogen) atoms. The third-order valence-corrected chi connectivity index (χ3v) is 3.22. The Bertz CT molecular complexity index is 268. The van der Waals surface area contributed by atoms with Crippen LogP contribution in [0.3, 0.4) is 0 Å². The van der Waals surface area contributed by atoms with Gasteiger partial charge in [-0.25, -0.2) is 0 Å². The van der Waals surface area contributed by atoms with Gasteiger partial charge >= 0.3 is 0 Å². The number of rotatable bonds is 4. The van der Waals surface area contributed by atoms with Gasteiger partial charge in [0.25, 0.3) is 0 Å². The van der Waals surface area contributed by atoms with Crippen LogP contribution in [0.25, 0.3) is 0 Å². The lowest BCUT2D eigenvalue weighted by atomic mass is 9.83. The molecular formula is C11H21N3O2. The molecule has 0 aromatic heterocycles. The van der Waals surface area contributed by atoms with Gasteiger partial charge < -0.3 is 16.4 Å². The largest absolute Gasteiger partial charge is 0.368 e. The lowest BCUT2D eigenvalue weighted by molar-refractivity contribution is -0.134. The van der Waals surface area contributed by atoms with Crippen molar-refractivity contribution in [3.63, 3.8) is 0 Å². The van der Waals surface area contributed by atoms with Crippen LogP contribution in [0.5, 0.6) is 0 Å². The molecule has 92 valence electrons. The highest BCUT2D eigenvalue weighted by Crippen LogP contribution is 2.25. The molecule has 0 saturated heterocycles. The van der Waals surface area contributed by atoms with Crippen LogP contribution >= 0.6 is 0 Å². The maximum Gasteiger partial charge on any atom is 0.237 e. The molecule has 5 nitrogen and oxygen atoms in total. The van der Waals surface area contributed by atoms with Gasteiger partial charge in [0.1, 0.15) is 0 Å². The van der Waals surface area contributed by atoms with Crippen molar-refractivity contribution in [2.45, 2.75) is 38.1 Å². The molecule has 4 N–H and O–H groups in total. The maximum absolute atomic E-state index is 11.8. The second-order valence-corrected chi connectivity index (χ2v) is 4.63. The van der Waals surface area contributed by atoms with Gasteiger partial charge in [-0.05, 0) is 18.8 Å². The molecule has 1 rings (SSSR count). The molecule has 1 aliphatic rings. The zero-order chi connectivity index (χ0) is 12.1. The topological polar surface area (TPSA) is 89.4 Å². The molecule has 1 fully saturated rings. The summed E-state index contributed by atoms with van der Waals surface area (Å²) in [5.41, 5.74) is 11.0. The Morgan fingerprint density at radius 1 is 1.31 bits per heavy atom. The quantitative estimate of drug-likeness (QED) is 0.699. The molecule has 0 bridgehead atoms. The summed E-state index contributed by atoms with van der Waals surface area (Å²) < 4.78 is 0. The highest BCUT2D eigenvalue weighted by Gasteiger charge is 2.25. The molecule has 1 saturated carbocycles. The molecule has 0 aromatic carbocycles. The van der Waals surface area contributed by atoms with Crippen molar-refractivity contribution in [3.8, 4) is 0 Å². The Labute approximate surface area is 96.1 Å². The van der Waals surface area contributed by atoms with Crippen molar-refractivity contribution < 1.29 is 9.59 Å². The Morgan fingerprint density at radius 3 is 2.50 bits per heavy atom. The highest BCUT2D eigenvalue weighted by molar-refractivity contribution is 5.83. The van der Waals surface area contributed by atoms with E-state index >= 15 is 0 Å². The lowest BCUT2D eigenvalue weighted by Gasteiger charge is -2.29. The second-order valence-electron chi connectivity index (χ2n) is 4.63. The summed E-state index contributed by atoms with van der Waals surface area (Å²) in [5.74, 6) is -0.262. The van der Waals surface area contributed by atoms with Crippen molar-refractivity contribution in [1.82, 2.24) is 4.90 Å². The van der Waals surface area contributed by atoms with Crippen molar-refractivity contribution >= 4 is 11.8 Å². The van der Waals surface area contributed by atoms with Crippen molar-refractivity contribution in [3.05, 3.63) is 0 Å². The van der Waals surface area contributed by atoms with Gasteiger partial charge in [0, 0.05) is 19.5 Å². The van der Waals surface area contributed by atoms with Crippen LogP contribution in [0.2, 0.25) is 0 Å². The van der Waals surface area contributed by atoms with Crippen molar-refractivity contribution in [2.75, 3.05) is 13.6 Å². The van der Waals surface area contributed by atoms with Crippen LogP contribution in [-0.2, 0) is 9.59 Å². The van der Waals surface area contributed by atoms with Crippen LogP contribution in [0.15, 0.2) is 0 Å². The highest BCUT2D eigenvalue weighted by atomic mass is 16.2. The van der Waals surface area contributed by atoms with E-state index in [-0.39, 0.29) is 24.4 Å². The zero-order valence-electron chi connectivity index (χ0n) is 9.82. The molecule has 2 atom stereocenters. The number of hydrogen-bond donors (Lipinski definition) is 2. The smallest absolute Gasteiger partial charge is 0.237 e. The summed E-state index contributed by atoms with van der Waals surface area (Å²) in [7, 11) is 1.60. The average molecular weight is 227 g/mol. The first kappa shape index (κ1) is 13.0. The summed E-state index contributed by atoms with van der Waals surface area (Å²) in [4.78, 5) is 23.8. The van der Waals surface area contributed by atoms with Gasteiger partial charge in [0.2, 0.25) is 11.8 Å². The van der Waals surface area contributed by atoms with E-state index in [1.165, 1.54) is 4.90 Å². The normalized spacial score (nSPS) is 25.1. The molecule has 0 heterocycles. The minimum absolute atomic E-state index is 0.0131. The summed E-state index contributed by atoms with van der Waals surface area (Å²) >= 11 is 0. The first-order valence-corrected chi connectivity index (χ1v) is 5.78. The Morgan fingerprint density at radius 2 is 1.94 bits per heavy atom. The molecule has 0 aromatic rings.